The molecule has 2 heterocycles. The van der Waals surface area contributed by atoms with Crippen LogP contribution in [0.2, 0.25) is 0 Å². The number of aromatic nitrogens is 2. The molecule has 2 N–H and O–H groups in total. The van der Waals surface area contributed by atoms with Crippen LogP contribution in [0.15, 0.2) is 4.47 Å². The Bertz CT molecular complexity index is 388. The fraction of sp³-hybridized carbons (Fsp3) is 0.667. The number of halogens is 1. The molecule has 0 spiro atoms. The summed E-state index contributed by atoms with van der Waals surface area (Å²) in [5.74, 6) is 1.36. The zero-order valence-corrected chi connectivity index (χ0v) is 11.8. The van der Waals surface area contributed by atoms with Crippen molar-refractivity contribution in [1.82, 2.24) is 9.97 Å². The molecule has 0 aliphatic carbocycles. The van der Waals surface area contributed by atoms with Gasteiger partial charge in [0.25, 0.3) is 0 Å². The number of nitrogens with zero attached hydrogens (tertiary/aromatic N) is 3. The SMILES string of the molecule is CCCc1nc(N2CCCCC2)nc(N)c1Br. The van der Waals surface area contributed by atoms with Crippen molar-refractivity contribution in [2.75, 3.05) is 23.7 Å². The van der Waals surface area contributed by atoms with E-state index in [0.717, 1.165) is 42.0 Å². The lowest BCUT2D eigenvalue weighted by Crippen LogP contribution is -2.31. The lowest BCUT2D eigenvalue weighted by atomic mass is 10.1. The topological polar surface area (TPSA) is 55.0 Å². The van der Waals surface area contributed by atoms with Gasteiger partial charge in [-0.2, -0.15) is 4.98 Å². The molecule has 5 heteroatoms. The first-order chi connectivity index (χ1) is 8.22. The minimum atomic E-state index is 0.559. The summed E-state index contributed by atoms with van der Waals surface area (Å²) in [4.78, 5) is 11.3. The highest BCUT2D eigenvalue weighted by Crippen LogP contribution is 2.26. The van der Waals surface area contributed by atoms with Crippen molar-refractivity contribution >= 4 is 27.7 Å². The van der Waals surface area contributed by atoms with Gasteiger partial charge in [-0.25, -0.2) is 4.98 Å². The van der Waals surface area contributed by atoms with Gasteiger partial charge in [0.05, 0.1) is 10.2 Å². The molecule has 0 radical (unpaired) electrons. The maximum atomic E-state index is 5.93. The standard InChI is InChI=1S/C12H19BrN4/c1-2-6-9-10(13)11(14)16-12(15-9)17-7-4-3-5-8-17/h2-8H2,1H3,(H2,14,15,16). The maximum Gasteiger partial charge on any atom is 0.227 e. The molecule has 1 aliphatic rings. The summed E-state index contributed by atoms with van der Waals surface area (Å²) in [5.41, 5.74) is 6.96. The first kappa shape index (κ1) is 12.6. The van der Waals surface area contributed by atoms with Crippen LogP contribution in [0.25, 0.3) is 0 Å². The Balaban J connectivity index is 2.27. The van der Waals surface area contributed by atoms with Crippen LogP contribution in [-0.2, 0) is 6.42 Å². The van der Waals surface area contributed by atoms with Gasteiger partial charge in [-0.1, -0.05) is 13.3 Å². The smallest absolute Gasteiger partial charge is 0.227 e. The summed E-state index contributed by atoms with van der Waals surface area (Å²) < 4.78 is 0.861. The van der Waals surface area contributed by atoms with Crippen LogP contribution in [-0.4, -0.2) is 23.1 Å². The number of hydrogen-bond donors (Lipinski definition) is 1. The van der Waals surface area contributed by atoms with Crippen molar-refractivity contribution in [3.63, 3.8) is 0 Å². The Morgan fingerprint density at radius 2 is 1.94 bits per heavy atom. The first-order valence-electron chi connectivity index (χ1n) is 6.29. The highest BCUT2D eigenvalue weighted by atomic mass is 79.9. The molecule has 1 aromatic heterocycles. The Kier molecular flexibility index (Phi) is 4.20. The van der Waals surface area contributed by atoms with Crippen LogP contribution in [0.1, 0.15) is 38.3 Å². The van der Waals surface area contributed by atoms with E-state index >= 15 is 0 Å². The van der Waals surface area contributed by atoms with E-state index in [-0.39, 0.29) is 0 Å². The highest BCUT2D eigenvalue weighted by molar-refractivity contribution is 9.10. The molecule has 0 unspecified atom stereocenters. The van der Waals surface area contributed by atoms with Crippen LogP contribution in [0.5, 0.6) is 0 Å². The second-order valence-corrected chi connectivity index (χ2v) is 5.26. The van der Waals surface area contributed by atoms with Crippen LogP contribution < -0.4 is 10.6 Å². The van der Waals surface area contributed by atoms with E-state index in [2.05, 4.69) is 37.7 Å². The predicted molar refractivity (Wildman–Crippen MR) is 74.2 cm³/mol. The molecule has 1 saturated heterocycles. The van der Waals surface area contributed by atoms with Gasteiger partial charge in [0.1, 0.15) is 5.82 Å². The minimum Gasteiger partial charge on any atom is -0.383 e. The summed E-state index contributed by atoms with van der Waals surface area (Å²) in [5, 5.41) is 0. The van der Waals surface area contributed by atoms with Crippen LogP contribution in [0.4, 0.5) is 11.8 Å². The number of aryl methyl sites for hydroxylation is 1. The van der Waals surface area contributed by atoms with Crippen molar-refractivity contribution in [2.24, 2.45) is 0 Å². The largest absolute Gasteiger partial charge is 0.383 e. The second kappa shape index (κ2) is 5.67. The lowest BCUT2D eigenvalue weighted by molar-refractivity contribution is 0.567. The van der Waals surface area contributed by atoms with Gasteiger partial charge in [0.15, 0.2) is 0 Å². The molecule has 1 aliphatic heterocycles. The molecular weight excluding hydrogens is 280 g/mol. The maximum absolute atomic E-state index is 5.93. The molecule has 1 aromatic rings. The lowest BCUT2D eigenvalue weighted by Gasteiger charge is -2.27. The molecule has 0 aromatic carbocycles. The zero-order chi connectivity index (χ0) is 12.3. The molecule has 94 valence electrons. The third kappa shape index (κ3) is 2.89. The summed E-state index contributed by atoms with van der Waals surface area (Å²) in [6.45, 7) is 4.24. The van der Waals surface area contributed by atoms with Gasteiger partial charge in [-0.15, -0.1) is 0 Å². The number of hydrogen-bond acceptors (Lipinski definition) is 4. The molecule has 0 atom stereocenters. The molecule has 0 amide bonds. The molecule has 2 rings (SSSR count). The van der Waals surface area contributed by atoms with Crippen LogP contribution in [0, 0.1) is 0 Å². The molecular formula is C12H19BrN4. The van der Waals surface area contributed by atoms with Crippen molar-refractivity contribution < 1.29 is 0 Å². The van der Waals surface area contributed by atoms with Crippen LogP contribution >= 0.6 is 15.9 Å². The first-order valence-corrected chi connectivity index (χ1v) is 7.08. The van der Waals surface area contributed by atoms with Crippen molar-refractivity contribution in [2.45, 2.75) is 39.0 Å². The van der Waals surface area contributed by atoms with Gasteiger partial charge >= 0.3 is 0 Å². The van der Waals surface area contributed by atoms with Crippen molar-refractivity contribution in [1.29, 1.82) is 0 Å². The van der Waals surface area contributed by atoms with E-state index in [1.165, 1.54) is 19.3 Å². The Morgan fingerprint density at radius 1 is 1.24 bits per heavy atom. The van der Waals surface area contributed by atoms with E-state index in [0.29, 0.717) is 5.82 Å². The third-order valence-corrected chi connectivity index (χ3v) is 3.92. The predicted octanol–water partition coefficient (Wildman–Crippen LogP) is 2.76. The summed E-state index contributed by atoms with van der Waals surface area (Å²) in [6, 6.07) is 0. The van der Waals surface area contributed by atoms with E-state index in [1.807, 2.05) is 0 Å². The Labute approximate surface area is 111 Å². The quantitative estimate of drug-likeness (QED) is 0.932. The molecule has 4 nitrogen and oxygen atoms in total. The minimum absolute atomic E-state index is 0.559. The second-order valence-electron chi connectivity index (χ2n) is 4.47. The number of nitrogens with two attached hydrogens (primary N) is 1. The monoisotopic (exact) mass is 298 g/mol. The summed E-state index contributed by atoms with van der Waals surface area (Å²) in [6.07, 6.45) is 5.76. The van der Waals surface area contributed by atoms with Gasteiger partial charge < -0.3 is 10.6 Å². The van der Waals surface area contributed by atoms with Gasteiger partial charge in [0.2, 0.25) is 5.95 Å². The van der Waals surface area contributed by atoms with E-state index in [1.54, 1.807) is 0 Å². The van der Waals surface area contributed by atoms with Gasteiger partial charge in [-0.05, 0) is 41.6 Å². The number of rotatable bonds is 3. The van der Waals surface area contributed by atoms with E-state index in [4.69, 9.17) is 5.73 Å². The Morgan fingerprint density at radius 3 is 2.59 bits per heavy atom. The van der Waals surface area contributed by atoms with Crippen molar-refractivity contribution in [3.8, 4) is 0 Å². The number of anilines is 2. The summed E-state index contributed by atoms with van der Waals surface area (Å²) >= 11 is 3.47. The molecule has 0 saturated carbocycles. The fourth-order valence-electron chi connectivity index (χ4n) is 2.14. The average molecular weight is 299 g/mol. The van der Waals surface area contributed by atoms with E-state index in [9.17, 15) is 0 Å². The Hall–Kier alpha value is -0.840. The average Bonchev–Trinajstić information content (AvgIpc) is 2.36. The van der Waals surface area contributed by atoms with Gasteiger partial charge in [0, 0.05) is 13.1 Å². The van der Waals surface area contributed by atoms with Gasteiger partial charge in [-0.3, -0.25) is 0 Å². The fourth-order valence-corrected chi connectivity index (χ4v) is 2.51. The van der Waals surface area contributed by atoms with Crippen molar-refractivity contribution in [3.05, 3.63) is 10.2 Å². The molecule has 0 bridgehead atoms. The van der Waals surface area contributed by atoms with E-state index < -0.39 is 0 Å². The van der Waals surface area contributed by atoms with Crippen LogP contribution in [0.3, 0.4) is 0 Å². The normalized spacial score (nSPS) is 16.2. The molecule has 17 heavy (non-hydrogen) atoms. The third-order valence-electron chi connectivity index (χ3n) is 3.06. The zero-order valence-electron chi connectivity index (χ0n) is 10.2. The highest BCUT2D eigenvalue weighted by Gasteiger charge is 2.16. The molecule has 1 fully saturated rings. The summed E-state index contributed by atoms with van der Waals surface area (Å²) in [7, 11) is 0. The number of piperidine rings is 1. The number of nitrogen functional groups attached to an aromatic ring is 1.